The van der Waals surface area contributed by atoms with E-state index in [-0.39, 0.29) is 12.3 Å². The van der Waals surface area contributed by atoms with Crippen LogP contribution in [0.5, 0.6) is 0 Å². The van der Waals surface area contributed by atoms with Crippen molar-refractivity contribution in [3.8, 4) is 0 Å². The molecule has 4 nitrogen and oxygen atoms in total. The summed E-state index contributed by atoms with van der Waals surface area (Å²) in [6.07, 6.45) is 17.8. The van der Waals surface area contributed by atoms with Crippen LogP contribution in [-0.4, -0.2) is 22.2 Å². The van der Waals surface area contributed by atoms with E-state index in [0.717, 1.165) is 51.4 Å². The Hall–Kier alpha value is -1.06. The highest BCUT2D eigenvalue weighted by Crippen LogP contribution is 2.19. The number of carboxylic acids is 2. The third-order valence-corrected chi connectivity index (χ3v) is 4.95. The molecule has 148 valence electrons. The van der Waals surface area contributed by atoms with Gasteiger partial charge in [-0.05, 0) is 19.3 Å². The van der Waals surface area contributed by atoms with Crippen molar-refractivity contribution in [3.63, 3.8) is 0 Å². The van der Waals surface area contributed by atoms with Gasteiger partial charge in [0.1, 0.15) is 0 Å². The maximum absolute atomic E-state index is 11.3. The van der Waals surface area contributed by atoms with Crippen LogP contribution in [0.2, 0.25) is 0 Å². The summed E-state index contributed by atoms with van der Waals surface area (Å²) in [6, 6.07) is 0. The molecule has 0 radical (unpaired) electrons. The van der Waals surface area contributed by atoms with Gasteiger partial charge in [0, 0.05) is 6.42 Å². The summed E-state index contributed by atoms with van der Waals surface area (Å²) in [7, 11) is 0. The minimum Gasteiger partial charge on any atom is -0.481 e. The number of carboxylic acid groups (broad SMARTS) is 2. The van der Waals surface area contributed by atoms with E-state index in [2.05, 4.69) is 6.92 Å². The first kappa shape index (κ1) is 23.9. The van der Waals surface area contributed by atoms with Gasteiger partial charge in [0.15, 0.2) is 0 Å². The Balaban J connectivity index is 3.48. The first-order chi connectivity index (χ1) is 12.1. The largest absolute Gasteiger partial charge is 0.481 e. The lowest BCUT2D eigenvalue weighted by Crippen LogP contribution is -2.13. The predicted octanol–water partition coefficient (Wildman–Crippen LogP) is 6.42. The molecule has 0 saturated carbocycles. The molecular weight excluding hydrogens is 316 g/mol. The molecule has 0 amide bonds. The highest BCUT2D eigenvalue weighted by molar-refractivity contribution is 5.69. The molecule has 0 fully saturated rings. The highest BCUT2D eigenvalue weighted by atomic mass is 16.4. The number of hydrogen-bond donors (Lipinski definition) is 2. The van der Waals surface area contributed by atoms with Gasteiger partial charge in [-0.1, -0.05) is 90.4 Å². The highest BCUT2D eigenvalue weighted by Gasteiger charge is 2.16. The molecule has 0 aromatic carbocycles. The van der Waals surface area contributed by atoms with Gasteiger partial charge in [0.05, 0.1) is 5.92 Å². The molecule has 0 aliphatic rings. The summed E-state index contributed by atoms with van der Waals surface area (Å²) in [5, 5.41) is 17.9. The monoisotopic (exact) mass is 356 g/mol. The smallest absolute Gasteiger partial charge is 0.306 e. The lowest BCUT2D eigenvalue weighted by molar-refractivity contribution is -0.142. The standard InChI is InChI=1S/C21H40O4/c1-2-3-4-5-10-13-16-19(21(24)25)17-14-11-8-6-7-9-12-15-18-20(22)23/h19H,2-18H2,1H3,(H,22,23)(H,24,25)/t19-/m0/s1. The Kier molecular flexibility index (Phi) is 17.0. The first-order valence-electron chi connectivity index (χ1n) is 10.5. The molecular formula is C21H40O4. The third-order valence-electron chi connectivity index (χ3n) is 4.95. The molecule has 0 saturated heterocycles. The Bertz CT molecular complexity index is 328. The van der Waals surface area contributed by atoms with Gasteiger partial charge in [-0.15, -0.1) is 0 Å². The maximum Gasteiger partial charge on any atom is 0.306 e. The van der Waals surface area contributed by atoms with Crippen LogP contribution in [0, 0.1) is 5.92 Å². The topological polar surface area (TPSA) is 74.6 Å². The second-order valence-corrected chi connectivity index (χ2v) is 7.35. The molecule has 0 spiro atoms. The van der Waals surface area contributed by atoms with Crippen LogP contribution in [0.1, 0.15) is 116 Å². The lowest BCUT2D eigenvalue weighted by atomic mass is 9.94. The molecule has 2 N–H and O–H groups in total. The normalized spacial score (nSPS) is 12.2. The zero-order valence-corrected chi connectivity index (χ0v) is 16.3. The van der Waals surface area contributed by atoms with Gasteiger partial charge in [-0.25, -0.2) is 0 Å². The van der Waals surface area contributed by atoms with E-state index in [1.54, 1.807) is 0 Å². The van der Waals surface area contributed by atoms with Crippen molar-refractivity contribution in [1.82, 2.24) is 0 Å². The Morgan fingerprint density at radius 1 is 0.640 bits per heavy atom. The summed E-state index contributed by atoms with van der Waals surface area (Å²) in [6.45, 7) is 2.21. The lowest BCUT2D eigenvalue weighted by Gasteiger charge is -2.12. The second-order valence-electron chi connectivity index (χ2n) is 7.35. The van der Waals surface area contributed by atoms with Crippen LogP contribution in [0.3, 0.4) is 0 Å². The van der Waals surface area contributed by atoms with Gasteiger partial charge >= 0.3 is 11.9 Å². The molecule has 0 heterocycles. The Morgan fingerprint density at radius 2 is 1.04 bits per heavy atom. The van der Waals surface area contributed by atoms with E-state index in [4.69, 9.17) is 5.11 Å². The van der Waals surface area contributed by atoms with Gasteiger partial charge in [-0.2, -0.15) is 0 Å². The van der Waals surface area contributed by atoms with Gasteiger partial charge < -0.3 is 10.2 Å². The molecule has 4 heteroatoms. The van der Waals surface area contributed by atoms with Crippen LogP contribution in [0.15, 0.2) is 0 Å². The van der Waals surface area contributed by atoms with E-state index in [0.29, 0.717) is 0 Å². The van der Waals surface area contributed by atoms with Crippen molar-refractivity contribution < 1.29 is 19.8 Å². The molecule has 0 rings (SSSR count). The average Bonchev–Trinajstić information content (AvgIpc) is 2.57. The quantitative estimate of drug-likeness (QED) is 0.262. The first-order valence-corrected chi connectivity index (χ1v) is 10.5. The van der Waals surface area contributed by atoms with Crippen LogP contribution < -0.4 is 0 Å². The van der Waals surface area contributed by atoms with Crippen LogP contribution >= 0.6 is 0 Å². The summed E-state index contributed by atoms with van der Waals surface area (Å²) in [5.74, 6) is -1.47. The van der Waals surface area contributed by atoms with Gasteiger partial charge in [0.25, 0.3) is 0 Å². The van der Waals surface area contributed by atoms with Crippen LogP contribution in [0.4, 0.5) is 0 Å². The predicted molar refractivity (Wildman–Crippen MR) is 103 cm³/mol. The van der Waals surface area contributed by atoms with Crippen molar-refractivity contribution >= 4 is 11.9 Å². The number of carbonyl (C=O) groups is 2. The third kappa shape index (κ3) is 17.6. The minimum atomic E-state index is -0.700. The van der Waals surface area contributed by atoms with E-state index in [9.17, 15) is 14.7 Å². The second kappa shape index (κ2) is 17.8. The zero-order chi connectivity index (χ0) is 18.8. The molecule has 0 aromatic heterocycles. The van der Waals surface area contributed by atoms with E-state index in [1.165, 1.54) is 51.4 Å². The molecule has 0 aromatic rings. The molecule has 0 aliphatic heterocycles. The summed E-state index contributed by atoms with van der Waals surface area (Å²) < 4.78 is 0. The maximum atomic E-state index is 11.3. The summed E-state index contributed by atoms with van der Waals surface area (Å²) in [4.78, 5) is 21.7. The summed E-state index contributed by atoms with van der Waals surface area (Å²) in [5.41, 5.74) is 0. The fourth-order valence-electron chi connectivity index (χ4n) is 3.29. The minimum absolute atomic E-state index is 0.151. The fraction of sp³-hybridized carbons (Fsp3) is 0.905. The van der Waals surface area contributed by atoms with Crippen molar-refractivity contribution in [1.29, 1.82) is 0 Å². The Morgan fingerprint density at radius 3 is 1.44 bits per heavy atom. The van der Waals surface area contributed by atoms with E-state index >= 15 is 0 Å². The van der Waals surface area contributed by atoms with E-state index < -0.39 is 11.9 Å². The molecule has 25 heavy (non-hydrogen) atoms. The van der Waals surface area contributed by atoms with E-state index in [1.807, 2.05) is 0 Å². The molecule has 1 atom stereocenters. The van der Waals surface area contributed by atoms with Crippen LogP contribution in [0.25, 0.3) is 0 Å². The molecule has 0 unspecified atom stereocenters. The fourth-order valence-corrected chi connectivity index (χ4v) is 3.29. The SMILES string of the molecule is CCCCCCCC[C@@H](CCCCCCCCCCC(=O)O)C(=O)O. The Labute approximate surface area is 154 Å². The van der Waals surface area contributed by atoms with Crippen molar-refractivity contribution in [2.45, 2.75) is 116 Å². The van der Waals surface area contributed by atoms with Gasteiger partial charge in [-0.3, -0.25) is 9.59 Å². The van der Waals surface area contributed by atoms with Crippen molar-refractivity contribution in [2.24, 2.45) is 5.92 Å². The van der Waals surface area contributed by atoms with Gasteiger partial charge in [0.2, 0.25) is 0 Å². The zero-order valence-electron chi connectivity index (χ0n) is 16.3. The average molecular weight is 357 g/mol. The van der Waals surface area contributed by atoms with Crippen LogP contribution in [-0.2, 0) is 9.59 Å². The molecule has 0 bridgehead atoms. The van der Waals surface area contributed by atoms with Crippen molar-refractivity contribution in [3.05, 3.63) is 0 Å². The molecule has 0 aliphatic carbocycles. The number of unbranched alkanes of at least 4 members (excludes halogenated alkanes) is 12. The number of aliphatic carboxylic acids is 2. The van der Waals surface area contributed by atoms with Crippen molar-refractivity contribution in [2.75, 3.05) is 0 Å². The number of hydrogen-bond acceptors (Lipinski definition) is 2. The summed E-state index contributed by atoms with van der Waals surface area (Å²) >= 11 is 0. The number of rotatable bonds is 19.